The molecule has 0 unspecified atom stereocenters. The van der Waals surface area contributed by atoms with Gasteiger partial charge >= 0.3 is 0 Å². The van der Waals surface area contributed by atoms with Crippen molar-refractivity contribution in [3.05, 3.63) is 253 Å². The van der Waals surface area contributed by atoms with Gasteiger partial charge in [-0.15, -0.1) is 22.7 Å². The molecule has 0 N–H and O–H groups in total. The lowest BCUT2D eigenvalue weighted by atomic mass is 9.97. The van der Waals surface area contributed by atoms with Crippen molar-refractivity contribution in [1.82, 2.24) is 0 Å². The zero-order chi connectivity index (χ0) is 51.7. The fourth-order valence-corrected chi connectivity index (χ4v) is 14.0. The summed E-state index contributed by atoms with van der Waals surface area (Å²) in [5, 5.41) is 17.7. The molecule has 5 nitrogen and oxygen atoms in total. The molecule has 0 aliphatic carbocycles. The van der Waals surface area contributed by atoms with Crippen molar-refractivity contribution in [2.45, 2.75) is 0 Å². The van der Waals surface area contributed by atoms with Gasteiger partial charge in [0.15, 0.2) is 11.2 Å². The first-order chi connectivity index (χ1) is 39.1. The molecule has 7 heteroatoms. The average molecular weight is 1050 g/mol. The second kappa shape index (κ2) is 17.3. The Morgan fingerprint density at radius 1 is 0.266 bits per heavy atom. The molecule has 0 fully saturated rings. The van der Waals surface area contributed by atoms with Gasteiger partial charge in [-0.3, -0.25) is 0 Å². The molecule has 5 heterocycles. The Morgan fingerprint density at radius 2 is 0.709 bits per heavy atom. The molecule has 5 aromatic heterocycles. The van der Waals surface area contributed by atoms with Crippen molar-refractivity contribution in [1.29, 1.82) is 0 Å². The summed E-state index contributed by atoms with van der Waals surface area (Å²) in [6, 6.07) is 87.3. The second-order valence-corrected chi connectivity index (χ2v) is 22.2. The maximum atomic E-state index is 6.97. The van der Waals surface area contributed by atoms with E-state index >= 15 is 0 Å². The number of nitrogens with zero attached hydrogens (tertiary/aromatic N) is 2. The molecule has 12 aromatic carbocycles. The number of anilines is 6. The summed E-state index contributed by atoms with van der Waals surface area (Å²) in [5.41, 5.74) is 15.8. The maximum Gasteiger partial charge on any atom is 0.159 e. The van der Waals surface area contributed by atoms with Gasteiger partial charge in [0.2, 0.25) is 0 Å². The first-order valence-corrected chi connectivity index (χ1v) is 28.3. The molecule has 0 radical (unpaired) electrons. The molecule has 0 aliphatic rings. The Labute approximate surface area is 460 Å². The van der Waals surface area contributed by atoms with Gasteiger partial charge in [0.1, 0.15) is 22.3 Å². The van der Waals surface area contributed by atoms with E-state index in [0.29, 0.717) is 0 Å². The number of rotatable bonds is 8. The fraction of sp³-hybridized carbons (Fsp3) is 0. The minimum Gasteiger partial charge on any atom is -0.456 e. The first kappa shape index (κ1) is 44.2. The van der Waals surface area contributed by atoms with Crippen LogP contribution in [0.4, 0.5) is 34.1 Å². The number of benzene rings is 12. The number of fused-ring (bicyclic) bond motifs is 13. The quantitative estimate of drug-likeness (QED) is 0.152. The third-order valence-electron chi connectivity index (χ3n) is 16.0. The van der Waals surface area contributed by atoms with Gasteiger partial charge in [0.25, 0.3) is 0 Å². The van der Waals surface area contributed by atoms with E-state index in [2.05, 4.69) is 251 Å². The molecule has 0 saturated carbocycles. The van der Waals surface area contributed by atoms with Crippen molar-refractivity contribution < 1.29 is 13.3 Å². The van der Waals surface area contributed by atoms with Crippen LogP contribution in [0.5, 0.6) is 0 Å². The molecule has 0 spiro atoms. The molecular formula is C72H42N2O3S2. The lowest BCUT2D eigenvalue weighted by Gasteiger charge is -2.28. The summed E-state index contributed by atoms with van der Waals surface area (Å²) in [6.07, 6.45) is 0. The first-order valence-electron chi connectivity index (χ1n) is 26.5. The molecule has 0 bridgehead atoms. The van der Waals surface area contributed by atoms with Gasteiger partial charge in [-0.25, -0.2) is 0 Å². The summed E-state index contributed by atoms with van der Waals surface area (Å²) in [4.78, 5) is 4.77. The largest absolute Gasteiger partial charge is 0.456 e. The summed E-state index contributed by atoms with van der Waals surface area (Å²) in [6.45, 7) is 0. The zero-order valence-electron chi connectivity index (χ0n) is 42.2. The van der Waals surface area contributed by atoms with Gasteiger partial charge in [-0.1, -0.05) is 133 Å². The number of para-hydroxylation sites is 4. The van der Waals surface area contributed by atoms with Crippen LogP contribution >= 0.6 is 22.7 Å². The molecular weight excluding hydrogens is 1000 g/mol. The SMILES string of the molecule is c1ccc(-c2c(N(c3ccc4cc5c(cc4c3)oc3cc4cc(N(c6ccc7sccc7c6-c6ccccc6)c6cccc7c6oc6ccccc67)ccc4cc35)c3cccc4c3oc3ccccc34)ccc3sccc23)cc1. The van der Waals surface area contributed by atoms with Crippen LogP contribution in [-0.4, -0.2) is 0 Å². The van der Waals surface area contributed by atoms with Crippen molar-refractivity contribution >= 4 is 164 Å². The van der Waals surface area contributed by atoms with Crippen LogP contribution in [0, 0.1) is 0 Å². The van der Waals surface area contributed by atoms with Crippen molar-refractivity contribution in [3.8, 4) is 22.3 Å². The number of thiophene rings is 2. The van der Waals surface area contributed by atoms with Crippen molar-refractivity contribution in [2.75, 3.05) is 9.80 Å². The lowest BCUT2D eigenvalue weighted by Crippen LogP contribution is -2.11. The van der Waals surface area contributed by atoms with Gasteiger partial charge in [0.05, 0.1) is 22.7 Å². The lowest BCUT2D eigenvalue weighted by molar-refractivity contribution is 0.668. The van der Waals surface area contributed by atoms with Crippen LogP contribution in [0.25, 0.3) is 130 Å². The standard InChI is InChI=1S/C72H42N2O3S2/c1-3-13-43(14-4-1)69-55-33-35-78-67(55)31-29-59(69)73(61-21-11-19-53-51-17-7-9-23-63(51)76-71(53)61)49-27-25-45-39-57-58-40-46-26-28-50(38-48(46)42-66(58)75-65(57)41-47(45)37-49)74(62-22-12-20-54-52-18-8-10-24-64(52)77-72(54)62)60-30-32-68-56(34-36-79-68)70(60)44-15-5-2-6-16-44/h1-42H. The summed E-state index contributed by atoms with van der Waals surface area (Å²) < 4.78 is 23.1. The topological polar surface area (TPSA) is 45.9 Å². The Morgan fingerprint density at radius 3 is 1.19 bits per heavy atom. The Hall–Kier alpha value is -9.92. The predicted molar refractivity (Wildman–Crippen MR) is 334 cm³/mol. The van der Waals surface area contributed by atoms with E-state index in [-0.39, 0.29) is 0 Å². The highest BCUT2D eigenvalue weighted by Gasteiger charge is 2.27. The van der Waals surface area contributed by atoms with E-state index in [1.165, 1.54) is 31.3 Å². The Kier molecular flexibility index (Phi) is 9.68. The highest BCUT2D eigenvalue weighted by atomic mass is 32.1. The smallest absolute Gasteiger partial charge is 0.159 e. The molecule has 17 aromatic rings. The number of hydrogen-bond acceptors (Lipinski definition) is 7. The highest BCUT2D eigenvalue weighted by Crippen LogP contribution is 2.51. The highest BCUT2D eigenvalue weighted by molar-refractivity contribution is 7.17. The molecule has 0 amide bonds. The second-order valence-electron chi connectivity index (χ2n) is 20.4. The monoisotopic (exact) mass is 1050 g/mol. The van der Waals surface area contributed by atoms with Crippen LogP contribution in [0.15, 0.2) is 267 Å². The summed E-state index contributed by atoms with van der Waals surface area (Å²) in [5.74, 6) is 0. The van der Waals surface area contributed by atoms with Crippen LogP contribution in [0.3, 0.4) is 0 Å². The average Bonchev–Trinajstić information content (AvgIpc) is 4.58. The van der Waals surface area contributed by atoms with E-state index in [4.69, 9.17) is 13.3 Å². The Bertz CT molecular complexity index is 4970. The minimum absolute atomic E-state index is 0.834. The van der Waals surface area contributed by atoms with E-state index in [9.17, 15) is 0 Å². The normalized spacial score (nSPS) is 12.1. The summed E-state index contributed by atoms with van der Waals surface area (Å²) in [7, 11) is 0. The van der Waals surface area contributed by atoms with E-state index in [1.807, 2.05) is 12.1 Å². The van der Waals surface area contributed by atoms with E-state index in [1.54, 1.807) is 22.7 Å². The Balaban J connectivity index is 0.842. The maximum absolute atomic E-state index is 6.97. The van der Waals surface area contributed by atoms with Crippen LogP contribution in [0.1, 0.15) is 0 Å². The van der Waals surface area contributed by atoms with Gasteiger partial charge in [0, 0.05) is 75.0 Å². The molecule has 0 aliphatic heterocycles. The molecule has 17 rings (SSSR count). The van der Waals surface area contributed by atoms with Gasteiger partial charge in [-0.05, 0) is 153 Å². The van der Waals surface area contributed by atoms with Crippen molar-refractivity contribution in [2.24, 2.45) is 0 Å². The molecule has 0 atom stereocenters. The van der Waals surface area contributed by atoms with Crippen LogP contribution < -0.4 is 9.80 Å². The van der Waals surface area contributed by atoms with Crippen molar-refractivity contribution in [3.63, 3.8) is 0 Å². The van der Waals surface area contributed by atoms with Gasteiger partial charge in [-0.2, -0.15) is 0 Å². The summed E-state index contributed by atoms with van der Waals surface area (Å²) >= 11 is 3.53. The third kappa shape index (κ3) is 6.87. The third-order valence-corrected chi connectivity index (χ3v) is 17.7. The van der Waals surface area contributed by atoms with E-state index in [0.717, 1.165) is 133 Å². The minimum atomic E-state index is 0.834. The van der Waals surface area contributed by atoms with E-state index < -0.39 is 0 Å². The van der Waals surface area contributed by atoms with Gasteiger partial charge < -0.3 is 23.1 Å². The number of furan rings is 3. The number of hydrogen-bond donors (Lipinski definition) is 0. The molecule has 370 valence electrons. The predicted octanol–water partition coefficient (Wildman–Crippen LogP) is 22.4. The zero-order valence-corrected chi connectivity index (χ0v) is 43.8. The fourth-order valence-electron chi connectivity index (χ4n) is 12.4. The molecule has 0 saturated heterocycles. The van der Waals surface area contributed by atoms with Crippen LogP contribution in [0.2, 0.25) is 0 Å². The molecule has 79 heavy (non-hydrogen) atoms. The van der Waals surface area contributed by atoms with Crippen LogP contribution in [-0.2, 0) is 0 Å².